The van der Waals surface area contributed by atoms with Crippen molar-refractivity contribution in [2.24, 2.45) is 5.10 Å². The Morgan fingerprint density at radius 3 is 2.63 bits per heavy atom. The predicted octanol–water partition coefficient (Wildman–Crippen LogP) is 6.61. The molecule has 0 unspecified atom stereocenters. The number of hydrogen-bond donors (Lipinski definition) is 1. The molecule has 2 aromatic carbocycles. The maximum Gasteiger partial charge on any atom is 0.203 e. The van der Waals surface area contributed by atoms with E-state index in [1.807, 2.05) is 53.9 Å². The molecule has 0 bridgehead atoms. The molecule has 0 saturated heterocycles. The summed E-state index contributed by atoms with van der Waals surface area (Å²) in [7, 11) is 1.66. The second kappa shape index (κ2) is 12.0. The maximum atomic E-state index is 5.96. The molecule has 1 aromatic heterocycles. The van der Waals surface area contributed by atoms with Crippen molar-refractivity contribution in [3.05, 3.63) is 59.5 Å². The van der Waals surface area contributed by atoms with Crippen molar-refractivity contribution in [1.82, 2.24) is 4.98 Å². The van der Waals surface area contributed by atoms with Crippen LogP contribution in [-0.2, 0) is 0 Å². The Morgan fingerprint density at radius 1 is 1.03 bits per heavy atom. The van der Waals surface area contributed by atoms with E-state index in [0.29, 0.717) is 0 Å². The number of thiazole rings is 1. The van der Waals surface area contributed by atoms with E-state index in [2.05, 4.69) is 22.4 Å². The SMILES string of the molecule is CCCCCCCOc1ccccc1/C=N\Nc1nc(-c2ccc(OC)cc2)cs1. The Balaban J connectivity index is 1.53. The van der Waals surface area contributed by atoms with Crippen LogP contribution < -0.4 is 14.9 Å². The van der Waals surface area contributed by atoms with Crippen LogP contribution in [0, 0.1) is 0 Å². The van der Waals surface area contributed by atoms with Gasteiger partial charge in [0.2, 0.25) is 5.13 Å². The summed E-state index contributed by atoms with van der Waals surface area (Å²) in [5, 5.41) is 7.10. The Labute approximate surface area is 182 Å². The molecule has 0 atom stereocenters. The van der Waals surface area contributed by atoms with Gasteiger partial charge < -0.3 is 9.47 Å². The number of methoxy groups -OCH3 is 1. The second-order valence-corrected chi connectivity index (χ2v) is 7.80. The Bertz CT molecular complexity index is 922. The molecule has 6 heteroatoms. The Hall–Kier alpha value is -2.86. The van der Waals surface area contributed by atoms with Crippen molar-refractivity contribution >= 4 is 22.7 Å². The van der Waals surface area contributed by atoms with E-state index in [4.69, 9.17) is 9.47 Å². The lowest BCUT2D eigenvalue weighted by Gasteiger charge is -2.08. The minimum Gasteiger partial charge on any atom is -0.497 e. The molecular weight excluding hydrogens is 394 g/mol. The average Bonchev–Trinajstić information content (AvgIpc) is 3.26. The van der Waals surface area contributed by atoms with Gasteiger partial charge in [0, 0.05) is 16.5 Å². The van der Waals surface area contributed by atoms with E-state index < -0.39 is 0 Å². The largest absolute Gasteiger partial charge is 0.497 e. The van der Waals surface area contributed by atoms with E-state index in [0.717, 1.165) is 46.5 Å². The van der Waals surface area contributed by atoms with Crippen LogP contribution in [0.4, 0.5) is 5.13 Å². The van der Waals surface area contributed by atoms with Crippen molar-refractivity contribution in [3.63, 3.8) is 0 Å². The molecule has 30 heavy (non-hydrogen) atoms. The molecule has 5 nitrogen and oxygen atoms in total. The third kappa shape index (κ3) is 6.59. The van der Waals surface area contributed by atoms with Gasteiger partial charge in [0.1, 0.15) is 11.5 Å². The highest BCUT2D eigenvalue weighted by Gasteiger charge is 2.05. The van der Waals surface area contributed by atoms with Crippen molar-refractivity contribution < 1.29 is 9.47 Å². The molecule has 0 radical (unpaired) electrons. The van der Waals surface area contributed by atoms with Crippen LogP contribution in [0.2, 0.25) is 0 Å². The van der Waals surface area contributed by atoms with Gasteiger partial charge in [0.05, 0.1) is 25.6 Å². The topological polar surface area (TPSA) is 55.7 Å². The summed E-state index contributed by atoms with van der Waals surface area (Å²) >= 11 is 1.52. The maximum absolute atomic E-state index is 5.96. The summed E-state index contributed by atoms with van der Waals surface area (Å²) in [5.41, 5.74) is 5.92. The first-order valence-corrected chi connectivity index (χ1v) is 11.3. The van der Waals surface area contributed by atoms with Crippen LogP contribution in [0.3, 0.4) is 0 Å². The molecule has 1 N–H and O–H groups in total. The van der Waals surface area contributed by atoms with Gasteiger partial charge in [-0.2, -0.15) is 5.10 Å². The smallest absolute Gasteiger partial charge is 0.203 e. The third-order valence-corrected chi connectivity index (χ3v) is 5.43. The molecule has 0 aliphatic carbocycles. The van der Waals surface area contributed by atoms with Gasteiger partial charge in [-0.1, -0.05) is 44.7 Å². The average molecular weight is 424 g/mol. The van der Waals surface area contributed by atoms with Crippen molar-refractivity contribution in [2.45, 2.75) is 39.0 Å². The van der Waals surface area contributed by atoms with Crippen molar-refractivity contribution in [2.75, 3.05) is 19.1 Å². The number of rotatable bonds is 12. The quantitative estimate of drug-likeness (QED) is 0.202. The standard InChI is InChI=1S/C24H29N3O2S/c1-3-4-5-6-9-16-29-23-11-8-7-10-20(23)17-25-27-24-26-22(18-30-24)19-12-14-21(28-2)15-13-19/h7-8,10-15,17-18H,3-6,9,16H2,1-2H3,(H,26,27)/b25-17-. The van der Waals surface area contributed by atoms with Crippen LogP contribution in [0.15, 0.2) is 59.0 Å². The summed E-state index contributed by atoms with van der Waals surface area (Å²) in [6.45, 7) is 2.96. The molecule has 0 aliphatic rings. The number of unbranched alkanes of at least 4 members (excludes halogenated alkanes) is 4. The molecule has 3 aromatic rings. The van der Waals surface area contributed by atoms with Crippen LogP contribution >= 0.6 is 11.3 Å². The van der Waals surface area contributed by atoms with Gasteiger partial charge in [0.15, 0.2) is 0 Å². The third-order valence-electron chi connectivity index (χ3n) is 4.68. The molecule has 0 aliphatic heterocycles. The Kier molecular flexibility index (Phi) is 8.72. The van der Waals surface area contributed by atoms with Gasteiger partial charge >= 0.3 is 0 Å². The molecule has 158 valence electrons. The van der Waals surface area contributed by atoms with Crippen molar-refractivity contribution in [1.29, 1.82) is 0 Å². The molecule has 0 amide bonds. The zero-order valence-corrected chi connectivity index (χ0v) is 18.5. The monoisotopic (exact) mass is 423 g/mol. The van der Waals surface area contributed by atoms with Gasteiger partial charge in [0.25, 0.3) is 0 Å². The fraction of sp³-hybridized carbons (Fsp3) is 0.333. The molecular formula is C24H29N3O2S. The van der Waals surface area contributed by atoms with E-state index in [1.54, 1.807) is 13.3 Å². The highest BCUT2D eigenvalue weighted by molar-refractivity contribution is 7.14. The van der Waals surface area contributed by atoms with Crippen molar-refractivity contribution in [3.8, 4) is 22.8 Å². The van der Waals surface area contributed by atoms with Gasteiger partial charge in [-0.05, 0) is 42.8 Å². The fourth-order valence-corrected chi connectivity index (χ4v) is 3.65. The van der Waals surface area contributed by atoms with E-state index in [-0.39, 0.29) is 0 Å². The van der Waals surface area contributed by atoms with E-state index in [1.165, 1.54) is 37.0 Å². The van der Waals surface area contributed by atoms with Gasteiger partial charge in [-0.3, -0.25) is 5.43 Å². The molecule has 0 fully saturated rings. The lowest BCUT2D eigenvalue weighted by atomic mass is 10.2. The number of aromatic nitrogens is 1. The summed E-state index contributed by atoms with van der Waals surface area (Å²) in [4.78, 5) is 4.60. The van der Waals surface area contributed by atoms with Crippen LogP contribution in [0.25, 0.3) is 11.3 Å². The van der Waals surface area contributed by atoms with Gasteiger partial charge in [-0.25, -0.2) is 4.98 Å². The number of hydrazone groups is 1. The number of ether oxygens (including phenoxy) is 2. The number of nitrogens with zero attached hydrogens (tertiary/aromatic N) is 2. The first-order chi connectivity index (χ1) is 14.8. The Morgan fingerprint density at radius 2 is 1.83 bits per heavy atom. The zero-order chi connectivity index (χ0) is 21.0. The first kappa shape index (κ1) is 21.8. The lowest BCUT2D eigenvalue weighted by Crippen LogP contribution is -2.00. The summed E-state index contributed by atoms with van der Waals surface area (Å²) in [6, 6.07) is 15.8. The normalized spacial score (nSPS) is 11.0. The molecule has 0 saturated carbocycles. The number of hydrogen-bond acceptors (Lipinski definition) is 6. The van der Waals surface area contributed by atoms with Crippen LogP contribution in [0.5, 0.6) is 11.5 Å². The number of benzene rings is 2. The number of nitrogens with one attached hydrogen (secondary N) is 1. The molecule has 0 spiro atoms. The highest BCUT2D eigenvalue weighted by atomic mass is 32.1. The van der Waals surface area contributed by atoms with Crippen LogP contribution in [0.1, 0.15) is 44.6 Å². The number of anilines is 1. The fourth-order valence-electron chi connectivity index (χ4n) is 2.98. The molecule has 3 rings (SSSR count). The minimum atomic E-state index is 0.736. The van der Waals surface area contributed by atoms with Gasteiger partial charge in [-0.15, -0.1) is 11.3 Å². The summed E-state index contributed by atoms with van der Waals surface area (Å²) < 4.78 is 11.2. The van der Waals surface area contributed by atoms with E-state index >= 15 is 0 Å². The van der Waals surface area contributed by atoms with Crippen LogP contribution in [-0.4, -0.2) is 24.9 Å². The zero-order valence-electron chi connectivity index (χ0n) is 17.6. The second-order valence-electron chi connectivity index (χ2n) is 6.94. The van der Waals surface area contributed by atoms with E-state index in [9.17, 15) is 0 Å². The lowest BCUT2D eigenvalue weighted by molar-refractivity contribution is 0.304. The minimum absolute atomic E-state index is 0.736. The number of para-hydroxylation sites is 1. The highest BCUT2D eigenvalue weighted by Crippen LogP contribution is 2.26. The first-order valence-electron chi connectivity index (χ1n) is 10.4. The predicted molar refractivity (Wildman–Crippen MR) is 126 cm³/mol. The summed E-state index contributed by atoms with van der Waals surface area (Å²) in [5.74, 6) is 1.69. The summed E-state index contributed by atoms with van der Waals surface area (Å²) in [6.07, 6.45) is 7.91. The molecule has 1 heterocycles.